The number of aryl methyl sites for hydroxylation is 1. The maximum absolute atomic E-state index is 12.6. The number of amides is 2. The van der Waals surface area contributed by atoms with Crippen LogP contribution in [0.1, 0.15) is 36.4 Å². The highest BCUT2D eigenvalue weighted by Gasteiger charge is 2.28. The Morgan fingerprint density at radius 3 is 2.81 bits per heavy atom. The molecule has 2 aromatic carbocycles. The fraction of sp³-hybridized carbons (Fsp3) is 0.375. The predicted octanol–water partition coefficient (Wildman–Crippen LogP) is 2.88. The molecule has 1 heterocycles. The Hall–Kier alpha value is -3.35. The van der Waals surface area contributed by atoms with E-state index in [1.807, 2.05) is 24.3 Å². The lowest BCUT2D eigenvalue weighted by atomic mass is 9.87. The van der Waals surface area contributed by atoms with Gasteiger partial charge in [-0.15, -0.1) is 0 Å². The van der Waals surface area contributed by atoms with Gasteiger partial charge in [-0.3, -0.25) is 14.4 Å². The van der Waals surface area contributed by atoms with Crippen LogP contribution in [-0.2, 0) is 25.5 Å². The summed E-state index contributed by atoms with van der Waals surface area (Å²) in [5, 5.41) is 0. The molecule has 1 aliphatic carbocycles. The summed E-state index contributed by atoms with van der Waals surface area (Å²) in [5.74, 6) is -0.344. The SMILES string of the molecule is CN(C(=O)COC(=O)CCN1C(=O)COc2ccccc21)[C@@H]1CCCc2ccccc21. The van der Waals surface area contributed by atoms with Crippen LogP contribution in [0.4, 0.5) is 5.69 Å². The van der Waals surface area contributed by atoms with Crippen LogP contribution in [0.2, 0.25) is 0 Å². The third kappa shape index (κ3) is 4.55. The molecule has 0 unspecified atom stereocenters. The molecule has 1 atom stereocenters. The van der Waals surface area contributed by atoms with Crippen molar-refractivity contribution < 1.29 is 23.9 Å². The van der Waals surface area contributed by atoms with E-state index in [9.17, 15) is 14.4 Å². The van der Waals surface area contributed by atoms with Crippen LogP contribution in [0.3, 0.4) is 0 Å². The lowest BCUT2D eigenvalue weighted by Gasteiger charge is -2.33. The largest absolute Gasteiger partial charge is 0.482 e. The molecular formula is C24H26N2O5. The molecule has 0 spiro atoms. The average molecular weight is 422 g/mol. The second-order valence-electron chi connectivity index (χ2n) is 7.82. The standard InChI is InChI=1S/C24H26N2O5/c1-25(19-11-6-8-17-7-2-3-9-18(17)19)22(27)15-31-24(29)13-14-26-20-10-4-5-12-21(20)30-16-23(26)28/h2-5,7,9-10,12,19H,6,8,11,13-16H2,1H3/t19-/m1/s1. The van der Waals surface area contributed by atoms with Crippen LogP contribution in [0.15, 0.2) is 48.5 Å². The van der Waals surface area contributed by atoms with Gasteiger partial charge in [0.1, 0.15) is 5.75 Å². The molecular weight excluding hydrogens is 396 g/mol. The Balaban J connectivity index is 1.29. The van der Waals surface area contributed by atoms with Gasteiger partial charge < -0.3 is 19.3 Å². The number of likely N-dealkylation sites (N-methyl/N-ethyl adjacent to an activating group) is 1. The van der Waals surface area contributed by atoms with E-state index < -0.39 is 5.97 Å². The number of nitrogens with zero attached hydrogens (tertiary/aromatic N) is 2. The first kappa shape index (κ1) is 20.9. The van der Waals surface area contributed by atoms with E-state index in [4.69, 9.17) is 9.47 Å². The number of carbonyl (C=O) groups is 3. The summed E-state index contributed by atoms with van der Waals surface area (Å²) < 4.78 is 10.6. The fourth-order valence-electron chi connectivity index (χ4n) is 4.22. The van der Waals surface area contributed by atoms with Gasteiger partial charge in [0.25, 0.3) is 11.8 Å². The Kier molecular flexibility index (Phi) is 6.21. The highest BCUT2D eigenvalue weighted by atomic mass is 16.5. The van der Waals surface area contributed by atoms with Crippen molar-refractivity contribution in [3.8, 4) is 5.75 Å². The number of ether oxygens (including phenoxy) is 2. The normalized spacial score (nSPS) is 17.3. The minimum absolute atomic E-state index is 0.00127. The fourth-order valence-corrected chi connectivity index (χ4v) is 4.22. The van der Waals surface area contributed by atoms with E-state index in [0.29, 0.717) is 11.4 Å². The van der Waals surface area contributed by atoms with Crippen LogP contribution in [0, 0.1) is 0 Å². The molecule has 0 N–H and O–H groups in total. The van der Waals surface area contributed by atoms with Crippen LogP contribution in [0.25, 0.3) is 0 Å². The number of fused-ring (bicyclic) bond motifs is 2. The van der Waals surface area contributed by atoms with E-state index in [-0.39, 0.29) is 44.0 Å². The molecule has 2 aliphatic rings. The van der Waals surface area contributed by atoms with Gasteiger partial charge in [0.05, 0.1) is 18.2 Å². The second kappa shape index (κ2) is 9.20. The number of esters is 1. The number of hydrogen-bond acceptors (Lipinski definition) is 5. The van der Waals surface area contributed by atoms with Crippen molar-refractivity contribution in [3.05, 3.63) is 59.7 Å². The third-order valence-electron chi connectivity index (χ3n) is 5.90. The first-order valence-corrected chi connectivity index (χ1v) is 10.6. The summed E-state index contributed by atoms with van der Waals surface area (Å²) in [4.78, 5) is 40.3. The minimum atomic E-state index is -0.512. The van der Waals surface area contributed by atoms with Crippen molar-refractivity contribution in [1.82, 2.24) is 4.90 Å². The van der Waals surface area contributed by atoms with Crippen molar-refractivity contribution in [1.29, 1.82) is 0 Å². The number of anilines is 1. The average Bonchev–Trinajstić information content (AvgIpc) is 2.81. The van der Waals surface area contributed by atoms with E-state index >= 15 is 0 Å². The highest BCUT2D eigenvalue weighted by molar-refractivity contribution is 5.98. The van der Waals surface area contributed by atoms with Crippen LogP contribution in [0.5, 0.6) is 5.75 Å². The summed E-state index contributed by atoms with van der Waals surface area (Å²) in [7, 11) is 1.76. The van der Waals surface area contributed by atoms with Gasteiger partial charge in [-0.1, -0.05) is 36.4 Å². The summed E-state index contributed by atoms with van der Waals surface area (Å²) in [6.07, 6.45) is 2.94. The Morgan fingerprint density at radius 1 is 1.16 bits per heavy atom. The zero-order valence-corrected chi connectivity index (χ0v) is 17.6. The van der Waals surface area contributed by atoms with Crippen molar-refractivity contribution in [3.63, 3.8) is 0 Å². The summed E-state index contributed by atoms with van der Waals surface area (Å²) in [6, 6.07) is 15.4. The van der Waals surface area contributed by atoms with E-state index in [1.54, 1.807) is 24.1 Å². The molecule has 1 aliphatic heterocycles. The molecule has 31 heavy (non-hydrogen) atoms. The van der Waals surface area contributed by atoms with E-state index in [0.717, 1.165) is 19.3 Å². The molecule has 0 radical (unpaired) electrons. The molecule has 2 aromatic rings. The van der Waals surface area contributed by atoms with Gasteiger partial charge in [0, 0.05) is 13.6 Å². The number of rotatable bonds is 6. The van der Waals surface area contributed by atoms with Gasteiger partial charge in [0.2, 0.25) is 0 Å². The quantitative estimate of drug-likeness (QED) is 0.669. The Labute approximate surface area is 181 Å². The number of hydrogen-bond donors (Lipinski definition) is 0. The third-order valence-corrected chi connectivity index (χ3v) is 5.90. The molecule has 7 heteroatoms. The van der Waals surface area contributed by atoms with Crippen LogP contribution < -0.4 is 9.64 Å². The maximum Gasteiger partial charge on any atom is 0.308 e. The summed E-state index contributed by atoms with van der Waals surface area (Å²) >= 11 is 0. The van der Waals surface area contributed by atoms with Crippen molar-refractivity contribution in [2.24, 2.45) is 0 Å². The summed E-state index contributed by atoms with van der Waals surface area (Å²) in [5.41, 5.74) is 3.07. The zero-order chi connectivity index (χ0) is 21.8. The van der Waals surface area contributed by atoms with E-state index in [1.165, 1.54) is 16.0 Å². The molecule has 0 fully saturated rings. The number of benzene rings is 2. The molecule has 162 valence electrons. The molecule has 0 bridgehead atoms. The Morgan fingerprint density at radius 2 is 1.94 bits per heavy atom. The van der Waals surface area contributed by atoms with Crippen molar-refractivity contribution in [2.75, 3.05) is 31.7 Å². The molecule has 2 amide bonds. The lowest BCUT2D eigenvalue weighted by Crippen LogP contribution is -2.40. The lowest BCUT2D eigenvalue weighted by molar-refractivity contribution is -0.152. The number of carbonyl (C=O) groups excluding carboxylic acids is 3. The van der Waals surface area contributed by atoms with Gasteiger partial charge in [-0.25, -0.2) is 0 Å². The van der Waals surface area contributed by atoms with Crippen molar-refractivity contribution >= 4 is 23.5 Å². The number of para-hydroxylation sites is 2. The highest BCUT2D eigenvalue weighted by Crippen LogP contribution is 2.33. The second-order valence-corrected chi connectivity index (χ2v) is 7.82. The van der Waals surface area contributed by atoms with Gasteiger partial charge in [-0.05, 0) is 42.5 Å². The summed E-state index contributed by atoms with van der Waals surface area (Å²) in [6.45, 7) is -0.183. The molecule has 4 rings (SSSR count). The molecule has 0 aromatic heterocycles. The van der Waals surface area contributed by atoms with Crippen LogP contribution >= 0.6 is 0 Å². The zero-order valence-electron chi connectivity index (χ0n) is 17.6. The monoisotopic (exact) mass is 422 g/mol. The van der Waals surface area contributed by atoms with Gasteiger partial charge >= 0.3 is 5.97 Å². The van der Waals surface area contributed by atoms with Crippen molar-refractivity contribution in [2.45, 2.75) is 31.7 Å². The molecule has 0 saturated heterocycles. The predicted molar refractivity (Wildman–Crippen MR) is 115 cm³/mol. The Bertz CT molecular complexity index is 989. The smallest absolute Gasteiger partial charge is 0.308 e. The van der Waals surface area contributed by atoms with E-state index in [2.05, 4.69) is 12.1 Å². The first-order chi connectivity index (χ1) is 15.0. The maximum atomic E-state index is 12.6. The topological polar surface area (TPSA) is 76.2 Å². The van der Waals surface area contributed by atoms with Gasteiger partial charge in [0.15, 0.2) is 13.2 Å². The molecule has 7 nitrogen and oxygen atoms in total. The van der Waals surface area contributed by atoms with Crippen LogP contribution in [-0.4, -0.2) is 49.5 Å². The molecule has 0 saturated carbocycles. The minimum Gasteiger partial charge on any atom is -0.482 e. The first-order valence-electron chi connectivity index (χ1n) is 10.6. The van der Waals surface area contributed by atoms with Gasteiger partial charge in [-0.2, -0.15) is 0 Å².